The maximum Gasteiger partial charge on any atom is 0.240 e. The maximum atomic E-state index is 12.7. The van der Waals surface area contributed by atoms with Crippen LogP contribution in [0.4, 0.5) is 0 Å². The summed E-state index contributed by atoms with van der Waals surface area (Å²) >= 11 is 0. The molecular weight excluding hydrogens is 248 g/mol. The number of amides is 1. The zero-order valence-corrected chi connectivity index (χ0v) is 13.0. The van der Waals surface area contributed by atoms with Gasteiger partial charge in [0, 0.05) is 6.04 Å². The molecule has 0 aliphatic heterocycles. The minimum Gasteiger partial charge on any atom is -0.352 e. The molecule has 112 valence electrons. The Morgan fingerprint density at radius 2 is 1.60 bits per heavy atom. The molecule has 0 aromatic heterocycles. The zero-order chi connectivity index (χ0) is 14.6. The van der Waals surface area contributed by atoms with E-state index in [0.29, 0.717) is 11.8 Å². The number of carbonyl (C=O) groups excluding carboxylic acids is 1. The summed E-state index contributed by atoms with van der Waals surface area (Å²) in [6.07, 6.45) is 9.23. The molecule has 0 spiro atoms. The van der Waals surface area contributed by atoms with Gasteiger partial charge < -0.3 is 5.32 Å². The van der Waals surface area contributed by atoms with Gasteiger partial charge in [-0.2, -0.15) is 5.26 Å². The molecular formula is C17H28N2O. The van der Waals surface area contributed by atoms with E-state index in [2.05, 4.69) is 25.2 Å². The second-order valence-electron chi connectivity index (χ2n) is 7.20. The van der Waals surface area contributed by atoms with Crippen molar-refractivity contribution in [3.8, 4) is 6.07 Å². The number of nitriles is 1. The van der Waals surface area contributed by atoms with Gasteiger partial charge in [-0.15, -0.1) is 0 Å². The summed E-state index contributed by atoms with van der Waals surface area (Å²) in [6.45, 7) is 4.53. The Hall–Kier alpha value is -1.04. The van der Waals surface area contributed by atoms with Crippen molar-refractivity contribution in [3.05, 3.63) is 0 Å². The molecule has 0 radical (unpaired) electrons. The molecule has 2 rings (SSSR count). The van der Waals surface area contributed by atoms with Crippen molar-refractivity contribution in [1.82, 2.24) is 5.32 Å². The van der Waals surface area contributed by atoms with Gasteiger partial charge in [0.15, 0.2) is 0 Å². The highest BCUT2D eigenvalue weighted by molar-refractivity contribution is 5.85. The lowest BCUT2D eigenvalue weighted by Crippen LogP contribution is -2.47. The van der Waals surface area contributed by atoms with Gasteiger partial charge in [0.05, 0.1) is 6.07 Å². The van der Waals surface area contributed by atoms with Crippen LogP contribution in [0.3, 0.4) is 0 Å². The molecule has 0 aromatic carbocycles. The van der Waals surface area contributed by atoms with E-state index in [1.165, 1.54) is 6.42 Å². The molecule has 2 aliphatic rings. The van der Waals surface area contributed by atoms with Gasteiger partial charge in [-0.25, -0.2) is 0 Å². The number of hydrogen-bond acceptors (Lipinski definition) is 2. The Morgan fingerprint density at radius 3 is 2.10 bits per heavy atom. The number of hydrogen-bond donors (Lipinski definition) is 1. The van der Waals surface area contributed by atoms with E-state index < -0.39 is 5.41 Å². The number of nitrogens with one attached hydrogen (secondary N) is 1. The Bertz CT molecular complexity index is 367. The van der Waals surface area contributed by atoms with Gasteiger partial charge in [0.1, 0.15) is 5.41 Å². The molecule has 2 atom stereocenters. The molecule has 1 N–H and O–H groups in total. The van der Waals surface area contributed by atoms with Gasteiger partial charge >= 0.3 is 0 Å². The van der Waals surface area contributed by atoms with Crippen LogP contribution in [0.2, 0.25) is 0 Å². The van der Waals surface area contributed by atoms with Crippen molar-refractivity contribution in [2.75, 3.05) is 0 Å². The van der Waals surface area contributed by atoms with Crippen molar-refractivity contribution in [2.24, 2.45) is 17.3 Å². The first-order valence-electron chi connectivity index (χ1n) is 8.28. The summed E-state index contributed by atoms with van der Waals surface area (Å²) in [5.41, 5.74) is -0.750. The summed E-state index contributed by atoms with van der Waals surface area (Å²) in [4.78, 5) is 12.7. The summed E-state index contributed by atoms with van der Waals surface area (Å²) in [5.74, 6) is 1.36. The Labute approximate surface area is 123 Å². The molecule has 0 heterocycles. The first-order valence-corrected chi connectivity index (χ1v) is 8.28. The third-order valence-corrected chi connectivity index (χ3v) is 5.12. The van der Waals surface area contributed by atoms with Gasteiger partial charge in [-0.1, -0.05) is 39.5 Å². The van der Waals surface area contributed by atoms with E-state index in [4.69, 9.17) is 0 Å². The summed E-state index contributed by atoms with van der Waals surface area (Å²) in [6, 6.07) is 2.63. The van der Waals surface area contributed by atoms with Crippen LogP contribution in [0.5, 0.6) is 0 Å². The van der Waals surface area contributed by atoms with Crippen LogP contribution in [0.1, 0.15) is 71.6 Å². The minimum absolute atomic E-state index is 0.00759. The standard InChI is InChI=1S/C17H28N2O/c1-13-9-14(2)11-15(10-13)19-16(20)17(12-18)7-5-3-4-6-8-17/h13-15H,3-11H2,1-2H3,(H,19,20). The average Bonchev–Trinajstić information content (AvgIpc) is 2.63. The maximum absolute atomic E-state index is 12.7. The van der Waals surface area contributed by atoms with Gasteiger partial charge in [-0.05, 0) is 43.9 Å². The van der Waals surface area contributed by atoms with E-state index in [9.17, 15) is 10.1 Å². The lowest BCUT2D eigenvalue weighted by molar-refractivity contribution is -0.130. The SMILES string of the molecule is CC1CC(C)CC(NC(=O)C2(C#N)CCCCCC2)C1. The topological polar surface area (TPSA) is 52.9 Å². The predicted octanol–water partition coefficient (Wildman–Crippen LogP) is 3.79. The van der Waals surface area contributed by atoms with E-state index in [1.54, 1.807) is 0 Å². The molecule has 0 bridgehead atoms. The van der Waals surface area contributed by atoms with Crippen molar-refractivity contribution in [2.45, 2.75) is 77.7 Å². The second kappa shape index (κ2) is 6.61. The van der Waals surface area contributed by atoms with Crippen LogP contribution < -0.4 is 5.32 Å². The fourth-order valence-corrected chi connectivity index (χ4v) is 4.11. The van der Waals surface area contributed by atoms with Crippen LogP contribution in [0, 0.1) is 28.6 Å². The lowest BCUT2D eigenvalue weighted by atomic mass is 9.78. The molecule has 0 aromatic rings. The lowest BCUT2D eigenvalue weighted by Gasteiger charge is -2.34. The fraction of sp³-hybridized carbons (Fsp3) is 0.882. The molecule has 2 fully saturated rings. The average molecular weight is 276 g/mol. The summed E-state index contributed by atoms with van der Waals surface area (Å²) in [7, 11) is 0. The molecule has 1 amide bonds. The molecule has 2 saturated carbocycles. The van der Waals surface area contributed by atoms with E-state index in [-0.39, 0.29) is 11.9 Å². The normalized spacial score (nSPS) is 33.8. The van der Waals surface area contributed by atoms with Crippen molar-refractivity contribution >= 4 is 5.91 Å². The quantitative estimate of drug-likeness (QED) is 0.780. The molecule has 20 heavy (non-hydrogen) atoms. The third-order valence-electron chi connectivity index (χ3n) is 5.12. The monoisotopic (exact) mass is 276 g/mol. The van der Waals surface area contributed by atoms with Gasteiger partial charge in [0.25, 0.3) is 0 Å². The molecule has 3 nitrogen and oxygen atoms in total. The Balaban J connectivity index is 2.00. The highest BCUT2D eigenvalue weighted by Gasteiger charge is 2.40. The molecule has 2 aliphatic carbocycles. The minimum atomic E-state index is -0.750. The molecule has 3 heteroatoms. The highest BCUT2D eigenvalue weighted by Crippen LogP contribution is 2.36. The largest absolute Gasteiger partial charge is 0.352 e. The zero-order valence-electron chi connectivity index (χ0n) is 13.0. The Morgan fingerprint density at radius 1 is 1.05 bits per heavy atom. The highest BCUT2D eigenvalue weighted by atomic mass is 16.2. The van der Waals surface area contributed by atoms with E-state index in [1.807, 2.05) is 0 Å². The number of carbonyl (C=O) groups is 1. The van der Waals surface area contributed by atoms with Crippen molar-refractivity contribution < 1.29 is 4.79 Å². The smallest absolute Gasteiger partial charge is 0.240 e. The van der Waals surface area contributed by atoms with Crippen LogP contribution in [-0.4, -0.2) is 11.9 Å². The van der Waals surface area contributed by atoms with E-state index >= 15 is 0 Å². The fourth-order valence-electron chi connectivity index (χ4n) is 4.11. The number of rotatable bonds is 2. The van der Waals surface area contributed by atoms with Crippen LogP contribution in [0.25, 0.3) is 0 Å². The summed E-state index contributed by atoms with van der Waals surface area (Å²) < 4.78 is 0. The van der Waals surface area contributed by atoms with Crippen LogP contribution >= 0.6 is 0 Å². The predicted molar refractivity (Wildman–Crippen MR) is 79.9 cm³/mol. The van der Waals surface area contributed by atoms with Crippen molar-refractivity contribution in [3.63, 3.8) is 0 Å². The summed E-state index contributed by atoms with van der Waals surface area (Å²) in [5, 5.41) is 12.8. The van der Waals surface area contributed by atoms with Gasteiger partial charge in [0.2, 0.25) is 5.91 Å². The van der Waals surface area contributed by atoms with Gasteiger partial charge in [-0.3, -0.25) is 4.79 Å². The third kappa shape index (κ3) is 3.53. The number of nitrogens with zero attached hydrogens (tertiary/aromatic N) is 1. The molecule has 2 unspecified atom stereocenters. The second-order valence-corrected chi connectivity index (χ2v) is 7.20. The van der Waals surface area contributed by atoms with Crippen LogP contribution in [0.15, 0.2) is 0 Å². The molecule has 0 saturated heterocycles. The first-order chi connectivity index (χ1) is 9.55. The Kier molecular flexibility index (Phi) is 5.07. The van der Waals surface area contributed by atoms with Crippen molar-refractivity contribution in [1.29, 1.82) is 5.26 Å². The van der Waals surface area contributed by atoms with Crippen LogP contribution in [-0.2, 0) is 4.79 Å². The van der Waals surface area contributed by atoms with E-state index in [0.717, 1.165) is 51.4 Å². The first kappa shape index (κ1) is 15.4.